The smallest absolute Gasteiger partial charge is 0.333 e. The van der Waals surface area contributed by atoms with Crippen LogP contribution in [-0.4, -0.2) is 39.3 Å². The number of piperazine rings is 1. The molecule has 1 heterocycles. The summed E-state index contributed by atoms with van der Waals surface area (Å²) in [6.07, 6.45) is 1.89. The Morgan fingerprint density at radius 3 is 2.68 bits per heavy atom. The molecule has 1 fully saturated rings. The molecule has 0 atom stereocenters. The van der Waals surface area contributed by atoms with E-state index in [2.05, 4.69) is 16.3 Å². The van der Waals surface area contributed by atoms with Gasteiger partial charge in [-0.05, 0) is 24.6 Å². The lowest BCUT2D eigenvalue weighted by molar-refractivity contribution is -0.135. The van der Waals surface area contributed by atoms with Crippen LogP contribution in [0, 0.1) is 0 Å². The maximum Gasteiger partial charge on any atom is 0.333 e. The number of benzene rings is 1. The van der Waals surface area contributed by atoms with Gasteiger partial charge in [-0.2, -0.15) is 0 Å². The molecule has 1 saturated heterocycles. The molecule has 1 aromatic carbocycles. The summed E-state index contributed by atoms with van der Waals surface area (Å²) >= 11 is 0. The lowest BCUT2D eigenvalue weighted by Gasteiger charge is -2.30. The summed E-state index contributed by atoms with van der Waals surface area (Å²) in [6.45, 7) is 5.74. The number of anilines is 1. The van der Waals surface area contributed by atoms with Gasteiger partial charge in [0, 0.05) is 37.4 Å². The van der Waals surface area contributed by atoms with Crippen molar-refractivity contribution >= 4 is 17.7 Å². The Kier molecular flexibility index (Phi) is 4.58. The quantitative estimate of drug-likeness (QED) is 0.663. The molecule has 4 heteroatoms. The molecule has 0 unspecified atom stereocenters. The lowest BCUT2D eigenvalue weighted by Crippen LogP contribution is -2.43. The van der Waals surface area contributed by atoms with Gasteiger partial charge in [0.1, 0.15) is 0 Å². The highest BCUT2D eigenvalue weighted by Gasteiger charge is 2.13. The van der Waals surface area contributed by atoms with E-state index >= 15 is 0 Å². The van der Waals surface area contributed by atoms with Crippen molar-refractivity contribution in [2.75, 3.05) is 38.2 Å². The second kappa shape index (κ2) is 6.38. The summed E-state index contributed by atoms with van der Waals surface area (Å²) in [5, 5.41) is 3.34. The predicted octanol–water partition coefficient (Wildman–Crippen LogP) is 1.67. The van der Waals surface area contributed by atoms with Gasteiger partial charge in [0.2, 0.25) is 0 Å². The second-order valence-corrected chi connectivity index (χ2v) is 4.61. The third kappa shape index (κ3) is 3.35. The van der Waals surface area contributed by atoms with E-state index in [1.165, 1.54) is 12.8 Å². The maximum absolute atomic E-state index is 11.5. The van der Waals surface area contributed by atoms with Crippen molar-refractivity contribution in [3.63, 3.8) is 0 Å². The normalized spacial score (nSPS) is 16.3. The standard InChI is InChI=1S/C15H20N2O2/c1-12(15(18)19-2)11-13-5-3-4-6-14(13)17-9-7-16-8-10-17/h3-6,11,16H,7-10H2,1-2H3/b12-11+. The number of para-hydroxylation sites is 1. The molecule has 0 bridgehead atoms. The molecule has 19 heavy (non-hydrogen) atoms. The van der Waals surface area contributed by atoms with Gasteiger partial charge in [0.15, 0.2) is 0 Å². The summed E-state index contributed by atoms with van der Waals surface area (Å²) in [5.41, 5.74) is 2.85. The monoisotopic (exact) mass is 260 g/mol. The average Bonchev–Trinajstić information content (AvgIpc) is 2.47. The lowest BCUT2D eigenvalue weighted by atomic mass is 10.1. The van der Waals surface area contributed by atoms with Gasteiger partial charge in [0.05, 0.1) is 7.11 Å². The number of hydrogen-bond acceptors (Lipinski definition) is 4. The molecule has 0 saturated carbocycles. The predicted molar refractivity (Wildman–Crippen MR) is 77.2 cm³/mol. The van der Waals surface area contributed by atoms with Crippen LogP contribution in [0.15, 0.2) is 29.8 Å². The van der Waals surface area contributed by atoms with Crippen LogP contribution < -0.4 is 10.2 Å². The van der Waals surface area contributed by atoms with Crippen LogP contribution in [-0.2, 0) is 9.53 Å². The topological polar surface area (TPSA) is 41.6 Å². The number of ether oxygens (including phenoxy) is 1. The molecule has 1 aromatic rings. The van der Waals surface area contributed by atoms with Crippen LogP contribution in [0.1, 0.15) is 12.5 Å². The summed E-state index contributed by atoms with van der Waals surface area (Å²) in [6, 6.07) is 8.15. The van der Waals surface area contributed by atoms with Crippen LogP contribution in [0.25, 0.3) is 6.08 Å². The number of hydrogen-bond donors (Lipinski definition) is 1. The van der Waals surface area contributed by atoms with Gasteiger partial charge in [-0.25, -0.2) is 4.79 Å². The van der Waals surface area contributed by atoms with E-state index in [1.54, 1.807) is 6.92 Å². The second-order valence-electron chi connectivity index (χ2n) is 4.61. The maximum atomic E-state index is 11.5. The van der Waals surface area contributed by atoms with E-state index in [0.29, 0.717) is 5.57 Å². The Morgan fingerprint density at radius 1 is 1.32 bits per heavy atom. The van der Waals surface area contributed by atoms with Crippen molar-refractivity contribution in [3.8, 4) is 0 Å². The zero-order valence-corrected chi connectivity index (χ0v) is 11.5. The van der Waals surface area contributed by atoms with Crippen molar-refractivity contribution in [3.05, 3.63) is 35.4 Å². The van der Waals surface area contributed by atoms with Gasteiger partial charge < -0.3 is 15.0 Å². The fourth-order valence-corrected chi connectivity index (χ4v) is 2.26. The van der Waals surface area contributed by atoms with Crippen molar-refractivity contribution in [1.82, 2.24) is 5.32 Å². The minimum absolute atomic E-state index is 0.282. The molecular formula is C15H20N2O2. The summed E-state index contributed by atoms with van der Waals surface area (Å²) in [4.78, 5) is 13.8. The number of nitrogens with zero attached hydrogens (tertiary/aromatic N) is 1. The molecule has 0 spiro atoms. The van der Waals surface area contributed by atoms with Crippen molar-refractivity contribution in [1.29, 1.82) is 0 Å². The Labute approximate surface area is 114 Å². The van der Waals surface area contributed by atoms with Gasteiger partial charge in [0.25, 0.3) is 0 Å². The highest BCUT2D eigenvalue weighted by atomic mass is 16.5. The van der Waals surface area contributed by atoms with Gasteiger partial charge in [-0.15, -0.1) is 0 Å². The number of nitrogens with one attached hydrogen (secondary N) is 1. The minimum Gasteiger partial charge on any atom is -0.466 e. The fraction of sp³-hybridized carbons (Fsp3) is 0.400. The van der Waals surface area contributed by atoms with Gasteiger partial charge >= 0.3 is 5.97 Å². The Bertz CT molecular complexity index is 477. The van der Waals surface area contributed by atoms with E-state index in [-0.39, 0.29) is 5.97 Å². The van der Waals surface area contributed by atoms with Crippen LogP contribution in [0.4, 0.5) is 5.69 Å². The summed E-state index contributed by atoms with van der Waals surface area (Å²) in [5.74, 6) is -0.282. The fourth-order valence-electron chi connectivity index (χ4n) is 2.26. The van der Waals surface area contributed by atoms with E-state index < -0.39 is 0 Å². The number of rotatable bonds is 3. The molecule has 0 aromatic heterocycles. The Morgan fingerprint density at radius 2 is 2.00 bits per heavy atom. The first kappa shape index (κ1) is 13.6. The van der Waals surface area contributed by atoms with Crippen molar-refractivity contribution < 1.29 is 9.53 Å². The number of esters is 1. The third-order valence-electron chi connectivity index (χ3n) is 3.27. The number of methoxy groups -OCH3 is 1. The van der Waals surface area contributed by atoms with Gasteiger partial charge in [-0.1, -0.05) is 18.2 Å². The van der Waals surface area contributed by atoms with E-state index in [9.17, 15) is 4.79 Å². The molecule has 0 amide bonds. The summed E-state index contributed by atoms with van der Waals surface area (Å²) < 4.78 is 4.74. The zero-order valence-electron chi connectivity index (χ0n) is 11.5. The molecule has 1 N–H and O–H groups in total. The van der Waals surface area contributed by atoms with Crippen LogP contribution in [0.2, 0.25) is 0 Å². The first-order valence-electron chi connectivity index (χ1n) is 6.53. The highest BCUT2D eigenvalue weighted by molar-refractivity contribution is 5.94. The molecule has 1 aliphatic heterocycles. The van der Waals surface area contributed by atoms with Crippen LogP contribution in [0.3, 0.4) is 0 Å². The molecule has 102 valence electrons. The molecule has 0 radical (unpaired) electrons. The summed E-state index contributed by atoms with van der Waals surface area (Å²) in [7, 11) is 1.40. The third-order valence-corrected chi connectivity index (χ3v) is 3.27. The van der Waals surface area contributed by atoms with E-state index in [4.69, 9.17) is 4.74 Å². The molecular weight excluding hydrogens is 240 g/mol. The number of carbonyl (C=O) groups excluding carboxylic acids is 1. The van der Waals surface area contributed by atoms with Crippen LogP contribution >= 0.6 is 0 Å². The highest BCUT2D eigenvalue weighted by Crippen LogP contribution is 2.23. The van der Waals surface area contributed by atoms with Gasteiger partial charge in [-0.3, -0.25) is 0 Å². The Hall–Kier alpha value is -1.81. The number of carbonyl (C=O) groups is 1. The first-order valence-corrected chi connectivity index (χ1v) is 6.53. The molecule has 1 aliphatic rings. The van der Waals surface area contributed by atoms with Crippen molar-refractivity contribution in [2.45, 2.75) is 6.92 Å². The van der Waals surface area contributed by atoms with Crippen molar-refractivity contribution in [2.24, 2.45) is 0 Å². The molecule has 0 aliphatic carbocycles. The average molecular weight is 260 g/mol. The molecule has 2 rings (SSSR count). The van der Waals surface area contributed by atoms with Crippen LogP contribution in [0.5, 0.6) is 0 Å². The SMILES string of the molecule is COC(=O)/C(C)=C/c1ccccc1N1CCNCC1. The Balaban J connectivity index is 2.27. The zero-order chi connectivity index (χ0) is 13.7. The van der Waals surface area contributed by atoms with E-state index in [1.807, 2.05) is 24.3 Å². The van der Waals surface area contributed by atoms with E-state index in [0.717, 1.165) is 31.7 Å². The largest absolute Gasteiger partial charge is 0.466 e. The molecule has 4 nitrogen and oxygen atoms in total. The minimum atomic E-state index is -0.282. The first-order chi connectivity index (χ1) is 9.22.